The van der Waals surface area contributed by atoms with Gasteiger partial charge in [-0.05, 0) is 39.0 Å². The molecule has 1 fully saturated rings. The first kappa shape index (κ1) is 9.72. The third-order valence-corrected chi connectivity index (χ3v) is 2.44. The van der Waals surface area contributed by atoms with Crippen LogP contribution in [0.1, 0.15) is 40.0 Å². The predicted octanol–water partition coefficient (Wildman–Crippen LogP) is 2.17. The summed E-state index contributed by atoms with van der Waals surface area (Å²) in [4.78, 5) is 10.9. The number of carbonyl (C=O) groups is 1. The van der Waals surface area contributed by atoms with Crippen molar-refractivity contribution in [1.82, 2.24) is 0 Å². The van der Waals surface area contributed by atoms with E-state index in [0.29, 0.717) is 5.92 Å². The van der Waals surface area contributed by atoms with E-state index >= 15 is 0 Å². The first-order chi connectivity index (χ1) is 5.58. The van der Waals surface area contributed by atoms with Gasteiger partial charge in [-0.25, -0.2) is 0 Å². The Kier molecular flexibility index (Phi) is 2.89. The van der Waals surface area contributed by atoms with Crippen molar-refractivity contribution >= 4 is 6.29 Å². The van der Waals surface area contributed by atoms with Gasteiger partial charge in [0.2, 0.25) is 0 Å². The summed E-state index contributed by atoms with van der Waals surface area (Å²) in [7, 11) is 0. The van der Waals surface area contributed by atoms with Gasteiger partial charge in [-0.15, -0.1) is 0 Å². The number of carbonyl (C=O) groups excluding carboxylic acids is 1. The minimum Gasteiger partial charge on any atom is -0.365 e. The van der Waals surface area contributed by atoms with Crippen LogP contribution in [0.3, 0.4) is 0 Å². The van der Waals surface area contributed by atoms with E-state index in [4.69, 9.17) is 4.74 Å². The van der Waals surface area contributed by atoms with Crippen LogP contribution in [0.4, 0.5) is 0 Å². The fourth-order valence-electron chi connectivity index (χ4n) is 2.00. The molecule has 70 valence electrons. The van der Waals surface area contributed by atoms with Gasteiger partial charge in [-0.2, -0.15) is 0 Å². The second-order valence-electron chi connectivity index (χ2n) is 4.20. The van der Waals surface area contributed by atoms with Crippen LogP contribution >= 0.6 is 0 Å². The molecule has 0 amide bonds. The summed E-state index contributed by atoms with van der Waals surface area (Å²) in [5, 5.41) is 0. The lowest BCUT2D eigenvalue weighted by Gasteiger charge is -2.25. The number of ether oxygens (including phenoxy) is 1. The molecular weight excluding hydrogens is 152 g/mol. The Morgan fingerprint density at radius 1 is 1.58 bits per heavy atom. The van der Waals surface area contributed by atoms with Gasteiger partial charge < -0.3 is 9.53 Å². The number of hydrogen-bond acceptors (Lipinski definition) is 2. The summed E-state index contributed by atoms with van der Waals surface area (Å²) in [5.41, 5.74) is -0.451. The molecule has 1 rings (SSSR count). The van der Waals surface area contributed by atoms with Gasteiger partial charge in [-0.1, -0.05) is 6.92 Å². The first-order valence-electron chi connectivity index (χ1n) is 4.72. The molecule has 12 heavy (non-hydrogen) atoms. The van der Waals surface area contributed by atoms with Crippen LogP contribution in [0, 0.1) is 5.92 Å². The fraction of sp³-hybridized carbons (Fsp3) is 0.900. The average Bonchev–Trinajstić information content (AvgIpc) is 2.32. The highest BCUT2D eigenvalue weighted by atomic mass is 16.5. The molecule has 0 aromatic heterocycles. The number of hydrogen-bond donors (Lipinski definition) is 0. The van der Waals surface area contributed by atoms with Crippen LogP contribution in [-0.4, -0.2) is 18.0 Å². The topological polar surface area (TPSA) is 26.3 Å². The Bertz CT molecular complexity index is 165. The third kappa shape index (κ3) is 2.07. The molecule has 0 N–H and O–H groups in total. The minimum atomic E-state index is -0.451. The van der Waals surface area contributed by atoms with Gasteiger partial charge in [0.05, 0.1) is 6.10 Å². The second kappa shape index (κ2) is 3.56. The van der Waals surface area contributed by atoms with Gasteiger partial charge in [-0.3, -0.25) is 0 Å². The molecule has 0 saturated heterocycles. The van der Waals surface area contributed by atoms with E-state index in [9.17, 15) is 4.79 Å². The Labute approximate surface area is 74.3 Å². The summed E-state index contributed by atoms with van der Waals surface area (Å²) in [6.45, 7) is 6.14. The minimum absolute atomic E-state index is 0.153. The largest absolute Gasteiger partial charge is 0.365 e. The number of rotatable bonds is 3. The Morgan fingerprint density at radius 2 is 2.25 bits per heavy atom. The molecule has 0 heterocycles. The number of aldehydes is 1. The summed E-state index contributed by atoms with van der Waals surface area (Å²) in [6.07, 6.45) is 4.06. The van der Waals surface area contributed by atoms with Gasteiger partial charge >= 0.3 is 0 Å². The molecule has 0 aliphatic heterocycles. The monoisotopic (exact) mass is 170 g/mol. The molecule has 2 nitrogen and oxygen atoms in total. The van der Waals surface area contributed by atoms with Gasteiger partial charge in [0.25, 0.3) is 0 Å². The molecule has 1 saturated carbocycles. The Morgan fingerprint density at radius 3 is 2.58 bits per heavy atom. The van der Waals surface area contributed by atoms with Crippen molar-refractivity contribution in [3.05, 3.63) is 0 Å². The zero-order valence-electron chi connectivity index (χ0n) is 8.17. The standard InChI is InChI=1S/C10H18O2/c1-8(2)12-10(7-11)5-4-9(3)6-10/h7-9H,4-6H2,1-3H3. The lowest BCUT2D eigenvalue weighted by Crippen LogP contribution is -2.34. The average molecular weight is 170 g/mol. The summed E-state index contributed by atoms with van der Waals surface area (Å²) >= 11 is 0. The molecule has 0 aromatic carbocycles. The highest BCUT2D eigenvalue weighted by Crippen LogP contribution is 2.36. The van der Waals surface area contributed by atoms with Crippen LogP contribution in [-0.2, 0) is 9.53 Å². The SMILES string of the molecule is CC1CCC(C=O)(OC(C)C)C1. The van der Waals surface area contributed by atoms with Gasteiger partial charge in [0.1, 0.15) is 5.60 Å². The van der Waals surface area contributed by atoms with Crippen molar-refractivity contribution in [1.29, 1.82) is 0 Å². The van der Waals surface area contributed by atoms with Crippen molar-refractivity contribution in [2.24, 2.45) is 5.92 Å². The molecule has 2 heteroatoms. The van der Waals surface area contributed by atoms with Crippen LogP contribution in [0.2, 0.25) is 0 Å². The molecule has 2 unspecified atom stereocenters. The third-order valence-electron chi connectivity index (χ3n) is 2.44. The van der Waals surface area contributed by atoms with Crippen molar-refractivity contribution in [3.63, 3.8) is 0 Å². The zero-order valence-corrected chi connectivity index (χ0v) is 8.17. The molecule has 2 atom stereocenters. The molecule has 0 radical (unpaired) electrons. The predicted molar refractivity (Wildman–Crippen MR) is 48.0 cm³/mol. The lowest BCUT2D eigenvalue weighted by molar-refractivity contribution is -0.136. The van der Waals surface area contributed by atoms with Gasteiger partial charge in [0.15, 0.2) is 6.29 Å². The van der Waals surface area contributed by atoms with Crippen molar-refractivity contribution < 1.29 is 9.53 Å². The normalized spacial score (nSPS) is 35.8. The lowest BCUT2D eigenvalue weighted by atomic mass is 10.0. The van der Waals surface area contributed by atoms with E-state index < -0.39 is 5.60 Å². The fourth-order valence-corrected chi connectivity index (χ4v) is 2.00. The van der Waals surface area contributed by atoms with Crippen LogP contribution in [0.15, 0.2) is 0 Å². The molecule has 1 aliphatic rings. The second-order valence-corrected chi connectivity index (χ2v) is 4.20. The quantitative estimate of drug-likeness (QED) is 0.607. The summed E-state index contributed by atoms with van der Waals surface area (Å²) < 4.78 is 5.65. The molecule has 1 aliphatic carbocycles. The zero-order chi connectivity index (χ0) is 9.19. The maximum absolute atomic E-state index is 10.9. The molecular formula is C10H18O2. The van der Waals surface area contributed by atoms with Crippen molar-refractivity contribution in [3.8, 4) is 0 Å². The van der Waals surface area contributed by atoms with Crippen molar-refractivity contribution in [2.45, 2.75) is 51.7 Å². The maximum Gasteiger partial charge on any atom is 0.151 e. The first-order valence-corrected chi connectivity index (χ1v) is 4.72. The highest BCUT2D eigenvalue weighted by molar-refractivity contribution is 5.63. The molecule has 0 spiro atoms. The van der Waals surface area contributed by atoms with Gasteiger partial charge in [0, 0.05) is 0 Å². The van der Waals surface area contributed by atoms with Crippen molar-refractivity contribution in [2.75, 3.05) is 0 Å². The molecule has 0 aromatic rings. The van der Waals surface area contributed by atoms with E-state index in [1.807, 2.05) is 13.8 Å². The van der Waals surface area contributed by atoms with E-state index in [1.54, 1.807) is 0 Å². The Hall–Kier alpha value is -0.370. The van der Waals surface area contributed by atoms with E-state index in [-0.39, 0.29) is 6.10 Å². The molecule has 0 bridgehead atoms. The highest BCUT2D eigenvalue weighted by Gasteiger charge is 2.38. The smallest absolute Gasteiger partial charge is 0.151 e. The summed E-state index contributed by atoms with van der Waals surface area (Å²) in [5.74, 6) is 0.633. The van der Waals surface area contributed by atoms with E-state index in [1.165, 1.54) is 0 Å². The van der Waals surface area contributed by atoms with Crippen LogP contribution in [0.5, 0.6) is 0 Å². The van der Waals surface area contributed by atoms with E-state index in [0.717, 1.165) is 25.5 Å². The Balaban J connectivity index is 2.58. The van der Waals surface area contributed by atoms with Crippen LogP contribution in [0.25, 0.3) is 0 Å². The maximum atomic E-state index is 10.9. The summed E-state index contributed by atoms with van der Waals surface area (Å²) in [6, 6.07) is 0. The van der Waals surface area contributed by atoms with E-state index in [2.05, 4.69) is 6.92 Å². The van der Waals surface area contributed by atoms with Crippen LogP contribution < -0.4 is 0 Å².